The molecule has 4 heteroatoms. The highest BCUT2D eigenvalue weighted by Gasteiger charge is 2.08. The Balaban J connectivity index is 2.92. The van der Waals surface area contributed by atoms with Crippen molar-refractivity contribution in [3.63, 3.8) is 0 Å². The zero-order chi connectivity index (χ0) is 9.42. The summed E-state index contributed by atoms with van der Waals surface area (Å²) in [4.78, 5) is 11.7. The number of benzene rings is 1. The summed E-state index contributed by atoms with van der Waals surface area (Å²) in [6.07, 6.45) is 0.891. The number of fused-ring (bicyclic) bond motifs is 1. The molecule has 0 aliphatic carbocycles. The van der Waals surface area contributed by atoms with Gasteiger partial charge in [0.25, 0.3) is 0 Å². The Kier molecular flexibility index (Phi) is 2.62. The normalized spacial score (nSPS) is 10.6. The molecule has 1 nitrogen and oxygen atoms in total. The van der Waals surface area contributed by atoms with E-state index in [0.717, 1.165) is 29.7 Å². The van der Waals surface area contributed by atoms with Gasteiger partial charge in [-0.3, -0.25) is 4.79 Å². The second-order valence-electron chi connectivity index (χ2n) is 2.57. The lowest BCUT2D eigenvalue weighted by Crippen LogP contribution is -1.77. The third kappa shape index (κ3) is 1.51. The SMILES string of the molecule is O=Cc1cccc2c(S)c(I)sc12. The van der Waals surface area contributed by atoms with Gasteiger partial charge in [-0.1, -0.05) is 18.2 Å². The minimum absolute atomic E-state index is 0.751. The molecule has 0 atom stereocenters. The zero-order valence-corrected chi connectivity index (χ0v) is 10.3. The van der Waals surface area contributed by atoms with E-state index >= 15 is 0 Å². The zero-order valence-electron chi connectivity index (χ0n) is 6.45. The third-order valence-electron chi connectivity index (χ3n) is 1.81. The molecule has 0 unspecified atom stereocenters. The lowest BCUT2D eigenvalue weighted by atomic mass is 10.2. The molecule has 0 bridgehead atoms. The van der Waals surface area contributed by atoms with E-state index in [-0.39, 0.29) is 0 Å². The van der Waals surface area contributed by atoms with Crippen LogP contribution in [0, 0.1) is 2.88 Å². The van der Waals surface area contributed by atoms with Crippen LogP contribution in [-0.2, 0) is 0 Å². The first-order valence-corrected chi connectivity index (χ1v) is 5.93. The fourth-order valence-electron chi connectivity index (χ4n) is 1.19. The molecule has 0 aliphatic heterocycles. The molecule has 2 rings (SSSR count). The molecule has 0 spiro atoms. The highest BCUT2D eigenvalue weighted by atomic mass is 127. The molecule has 2 aromatic rings. The monoisotopic (exact) mass is 320 g/mol. The van der Waals surface area contributed by atoms with Crippen LogP contribution in [0.15, 0.2) is 23.1 Å². The summed E-state index contributed by atoms with van der Waals surface area (Å²) in [6, 6.07) is 5.70. The van der Waals surface area contributed by atoms with Gasteiger partial charge in [0.05, 0.1) is 2.88 Å². The molecule has 0 saturated carbocycles. The standard InChI is InChI=1S/C9H5IOS2/c10-9-7(12)6-3-1-2-5(4-11)8(6)13-9/h1-4,12H. The molecular weight excluding hydrogens is 315 g/mol. The number of carbonyl (C=O) groups is 1. The Morgan fingerprint density at radius 1 is 1.46 bits per heavy atom. The second kappa shape index (κ2) is 3.59. The number of halogens is 1. The van der Waals surface area contributed by atoms with Crippen molar-refractivity contribution in [2.24, 2.45) is 0 Å². The van der Waals surface area contributed by atoms with Gasteiger partial charge in [0.2, 0.25) is 0 Å². The maximum Gasteiger partial charge on any atom is 0.151 e. The van der Waals surface area contributed by atoms with E-state index in [4.69, 9.17) is 0 Å². The van der Waals surface area contributed by atoms with Crippen molar-refractivity contribution in [1.82, 2.24) is 0 Å². The van der Waals surface area contributed by atoms with E-state index in [1.54, 1.807) is 11.3 Å². The number of thiophene rings is 1. The summed E-state index contributed by atoms with van der Waals surface area (Å²) >= 11 is 8.23. The predicted octanol–water partition coefficient (Wildman–Crippen LogP) is 3.61. The van der Waals surface area contributed by atoms with E-state index < -0.39 is 0 Å². The highest BCUT2D eigenvalue weighted by Crippen LogP contribution is 2.36. The van der Waals surface area contributed by atoms with Gasteiger partial charge >= 0.3 is 0 Å². The van der Waals surface area contributed by atoms with Crippen molar-refractivity contribution in [2.45, 2.75) is 4.90 Å². The molecule has 13 heavy (non-hydrogen) atoms. The summed E-state index contributed by atoms with van der Waals surface area (Å²) in [5.41, 5.74) is 0.751. The minimum atomic E-state index is 0.751. The van der Waals surface area contributed by atoms with Gasteiger partial charge < -0.3 is 0 Å². The van der Waals surface area contributed by atoms with Crippen molar-refractivity contribution < 1.29 is 4.79 Å². The van der Waals surface area contributed by atoms with Crippen LogP contribution in [0.5, 0.6) is 0 Å². The smallest absolute Gasteiger partial charge is 0.151 e. The van der Waals surface area contributed by atoms with Gasteiger partial charge in [-0.25, -0.2) is 0 Å². The van der Waals surface area contributed by atoms with Crippen LogP contribution >= 0.6 is 46.6 Å². The number of carbonyl (C=O) groups excluding carboxylic acids is 1. The fourth-order valence-corrected chi connectivity index (χ4v) is 3.44. The minimum Gasteiger partial charge on any atom is -0.298 e. The van der Waals surface area contributed by atoms with Crippen molar-refractivity contribution >= 4 is 62.9 Å². The van der Waals surface area contributed by atoms with Crippen LogP contribution in [0.1, 0.15) is 10.4 Å². The Bertz CT molecular complexity index is 476. The van der Waals surface area contributed by atoms with Gasteiger partial charge in [0.15, 0.2) is 6.29 Å². The number of hydrogen-bond acceptors (Lipinski definition) is 3. The van der Waals surface area contributed by atoms with E-state index in [2.05, 4.69) is 35.2 Å². The quantitative estimate of drug-likeness (QED) is 0.483. The Labute approximate surface area is 98.7 Å². The molecule has 66 valence electrons. The first-order chi connectivity index (χ1) is 6.24. The molecule has 1 heterocycles. The molecule has 1 aromatic heterocycles. The first kappa shape index (κ1) is 9.48. The van der Waals surface area contributed by atoms with Crippen molar-refractivity contribution in [3.8, 4) is 0 Å². The Morgan fingerprint density at radius 2 is 2.23 bits per heavy atom. The van der Waals surface area contributed by atoms with Gasteiger partial charge in [0, 0.05) is 20.5 Å². The largest absolute Gasteiger partial charge is 0.298 e. The van der Waals surface area contributed by atoms with Gasteiger partial charge in [-0.2, -0.15) is 0 Å². The summed E-state index contributed by atoms with van der Waals surface area (Å²) in [7, 11) is 0. The van der Waals surface area contributed by atoms with Crippen LogP contribution in [-0.4, -0.2) is 6.29 Å². The number of hydrogen-bond donors (Lipinski definition) is 1. The van der Waals surface area contributed by atoms with E-state index in [1.807, 2.05) is 18.2 Å². The average molecular weight is 320 g/mol. The Morgan fingerprint density at radius 3 is 2.92 bits per heavy atom. The van der Waals surface area contributed by atoms with Gasteiger partial charge in [-0.05, 0) is 22.6 Å². The molecule has 0 saturated heterocycles. The first-order valence-electron chi connectivity index (χ1n) is 3.59. The van der Waals surface area contributed by atoms with Crippen LogP contribution < -0.4 is 0 Å². The molecule has 0 radical (unpaired) electrons. The van der Waals surface area contributed by atoms with Crippen LogP contribution in [0.3, 0.4) is 0 Å². The summed E-state index contributed by atoms with van der Waals surface area (Å²) in [6.45, 7) is 0. The molecule has 0 amide bonds. The molecule has 0 fully saturated rings. The molecule has 0 N–H and O–H groups in total. The molecular formula is C9H5IOS2. The number of aldehydes is 1. The fraction of sp³-hybridized carbons (Fsp3) is 0. The highest BCUT2D eigenvalue weighted by molar-refractivity contribution is 14.1. The maximum atomic E-state index is 10.7. The predicted molar refractivity (Wildman–Crippen MR) is 67.2 cm³/mol. The summed E-state index contributed by atoms with van der Waals surface area (Å²) in [5, 5.41) is 1.07. The number of rotatable bonds is 1. The summed E-state index contributed by atoms with van der Waals surface area (Å²) in [5.74, 6) is 0. The lowest BCUT2D eigenvalue weighted by molar-refractivity contribution is 0.112. The third-order valence-corrected chi connectivity index (χ3v) is 5.09. The van der Waals surface area contributed by atoms with Crippen LogP contribution in [0.2, 0.25) is 0 Å². The second-order valence-corrected chi connectivity index (χ2v) is 5.84. The van der Waals surface area contributed by atoms with Crippen LogP contribution in [0.25, 0.3) is 10.1 Å². The topological polar surface area (TPSA) is 17.1 Å². The molecule has 0 aliphatic rings. The van der Waals surface area contributed by atoms with E-state index in [9.17, 15) is 4.79 Å². The van der Waals surface area contributed by atoms with E-state index in [1.165, 1.54) is 0 Å². The Hall–Kier alpha value is -0.0700. The van der Waals surface area contributed by atoms with Crippen molar-refractivity contribution in [1.29, 1.82) is 0 Å². The van der Waals surface area contributed by atoms with Gasteiger partial charge in [0.1, 0.15) is 0 Å². The van der Waals surface area contributed by atoms with Gasteiger partial charge in [-0.15, -0.1) is 24.0 Å². The van der Waals surface area contributed by atoms with E-state index in [0.29, 0.717) is 0 Å². The molecule has 1 aromatic carbocycles. The van der Waals surface area contributed by atoms with Crippen molar-refractivity contribution in [2.75, 3.05) is 0 Å². The maximum absolute atomic E-state index is 10.7. The average Bonchev–Trinajstić information content (AvgIpc) is 2.43. The number of thiol groups is 1. The lowest BCUT2D eigenvalue weighted by Gasteiger charge is -1.92. The van der Waals surface area contributed by atoms with Crippen molar-refractivity contribution in [3.05, 3.63) is 26.6 Å². The van der Waals surface area contributed by atoms with Crippen LogP contribution in [0.4, 0.5) is 0 Å². The summed E-state index contributed by atoms with van der Waals surface area (Å²) < 4.78 is 2.16.